The lowest BCUT2D eigenvalue weighted by molar-refractivity contribution is 0.492. The SMILES string of the molecule is CC(N[C@H](C)c1ccccc1Br)c1ccc(F)c(Cl)c1. The smallest absolute Gasteiger partial charge is 0.141 e. The van der Waals surface area contributed by atoms with Crippen LogP contribution in [0.15, 0.2) is 46.9 Å². The normalized spacial score (nSPS) is 14.1. The van der Waals surface area contributed by atoms with E-state index in [4.69, 9.17) is 11.6 Å². The molecule has 1 nitrogen and oxygen atoms in total. The van der Waals surface area contributed by atoms with Crippen molar-refractivity contribution in [2.24, 2.45) is 0 Å². The number of halogens is 3. The fourth-order valence-electron chi connectivity index (χ4n) is 2.17. The Kier molecular flexibility index (Phi) is 5.19. The third kappa shape index (κ3) is 3.60. The second-order valence-corrected chi connectivity index (χ2v) is 6.07. The highest BCUT2D eigenvalue weighted by molar-refractivity contribution is 9.10. The molecule has 0 spiro atoms. The van der Waals surface area contributed by atoms with E-state index in [0.717, 1.165) is 10.0 Å². The molecule has 4 heteroatoms. The number of benzene rings is 2. The van der Waals surface area contributed by atoms with Crippen molar-refractivity contribution in [2.45, 2.75) is 25.9 Å². The molecule has 0 radical (unpaired) electrons. The van der Waals surface area contributed by atoms with E-state index in [0.29, 0.717) is 0 Å². The zero-order valence-corrected chi connectivity index (χ0v) is 13.7. The third-order valence-corrected chi connectivity index (χ3v) is 4.33. The number of rotatable bonds is 4. The quantitative estimate of drug-likeness (QED) is 0.746. The molecule has 106 valence electrons. The first-order valence-electron chi connectivity index (χ1n) is 6.44. The van der Waals surface area contributed by atoms with E-state index in [1.807, 2.05) is 25.1 Å². The second-order valence-electron chi connectivity index (χ2n) is 4.81. The van der Waals surface area contributed by atoms with Gasteiger partial charge in [0.2, 0.25) is 0 Å². The van der Waals surface area contributed by atoms with Crippen molar-refractivity contribution in [1.29, 1.82) is 0 Å². The van der Waals surface area contributed by atoms with Crippen LogP contribution >= 0.6 is 27.5 Å². The molecule has 0 aliphatic carbocycles. The van der Waals surface area contributed by atoms with E-state index < -0.39 is 0 Å². The third-order valence-electron chi connectivity index (χ3n) is 3.32. The minimum absolute atomic E-state index is 0.0789. The Morgan fingerprint density at radius 1 is 1.10 bits per heavy atom. The van der Waals surface area contributed by atoms with E-state index in [1.165, 1.54) is 11.6 Å². The molecule has 1 unspecified atom stereocenters. The molecule has 0 saturated heterocycles. The van der Waals surface area contributed by atoms with Gasteiger partial charge in [0.25, 0.3) is 0 Å². The van der Waals surface area contributed by atoms with Crippen molar-refractivity contribution in [3.8, 4) is 0 Å². The Morgan fingerprint density at radius 2 is 1.80 bits per heavy atom. The Morgan fingerprint density at radius 3 is 2.45 bits per heavy atom. The Balaban J connectivity index is 2.13. The molecule has 0 heterocycles. The van der Waals surface area contributed by atoms with Crippen molar-refractivity contribution in [3.63, 3.8) is 0 Å². The van der Waals surface area contributed by atoms with Crippen LogP contribution in [0.2, 0.25) is 5.02 Å². The lowest BCUT2D eigenvalue weighted by Crippen LogP contribution is -2.22. The van der Waals surface area contributed by atoms with Crippen LogP contribution in [0.3, 0.4) is 0 Å². The van der Waals surface area contributed by atoms with Gasteiger partial charge < -0.3 is 5.32 Å². The predicted molar refractivity (Wildman–Crippen MR) is 85.5 cm³/mol. The predicted octanol–water partition coefficient (Wildman–Crippen LogP) is 5.65. The maximum Gasteiger partial charge on any atom is 0.141 e. The van der Waals surface area contributed by atoms with Crippen molar-refractivity contribution >= 4 is 27.5 Å². The van der Waals surface area contributed by atoms with Gasteiger partial charge in [0, 0.05) is 16.6 Å². The lowest BCUT2D eigenvalue weighted by Gasteiger charge is -2.22. The summed E-state index contributed by atoms with van der Waals surface area (Å²) in [5.74, 6) is -0.388. The van der Waals surface area contributed by atoms with Gasteiger partial charge in [0.05, 0.1) is 5.02 Å². The fraction of sp³-hybridized carbons (Fsp3) is 0.250. The molecule has 1 N–H and O–H groups in total. The summed E-state index contributed by atoms with van der Waals surface area (Å²) < 4.78 is 14.3. The van der Waals surface area contributed by atoms with Crippen LogP contribution in [-0.4, -0.2) is 0 Å². The van der Waals surface area contributed by atoms with Gasteiger partial charge in [-0.1, -0.05) is 51.8 Å². The van der Waals surface area contributed by atoms with Gasteiger partial charge in [-0.25, -0.2) is 4.39 Å². The highest BCUT2D eigenvalue weighted by Gasteiger charge is 2.14. The van der Waals surface area contributed by atoms with Crippen molar-refractivity contribution < 1.29 is 4.39 Å². The molecule has 0 amide bonds. The second kappa shape index (κ2) is 6.70. The maximum absolute atomic E-state index is 13.2. The molecule has 0 saturated carbocycles. The summed E-state index contributed by atoms with van der Waals surface area (Å²) in [7, 11) is 0. The minimum atomic E-state index is -0.388. The summed E-state index contributed by atoms with van der Waals surface area (Å²) >= 11 is 9.38. The first-order valence-corrected chi connectivity index (χ1v) is 7.61. The molecule has 2 aromatic rings. The van der Waals surface area contributed by atoms with Crippen LogP contribution in [0.4, 0.5) is 4.39 Å². The van der Waals surface area contributed by atoms with Gasteiger partial charge >= 0.3 is 0 Å². The molecule has 0 aliphatic rings. The summed E-state index contributed by atoms with van der Waals surface area (Å²) in [6.07, 6.45) is 0. The van der Waals surface area contributed by atoms with Crippen molar-refractivity contribution in [3.05, 3.63) is 68.9 Å². The Hall–Kier alpha value is -0.900. The van der Waals surface area contributed by atoms with Crippen LogP contribution in [0.25, 0.3) is 0 Å². The average Bonchev–Trinajstić information content (AvgIpc) is 2.42. The van der Waals surface area contributed by atoms with Crippen LogP contribution in [0.5, 0.6) is 0 Å². The van der Waals surface area contributed by atoms with Gasteiger partial charge in [-0.05, 0) is 43.2 Å². The molecule has 2 rings (SSSR count). The van der Waals surface area contributed by atoms with Crippen molar-refractivity contribution in [2.75, 3.05) is 0 Å². The molecule has 0 aromatic heterocycles. The molecule has 0 fully saturated rings. The molecule has 20 heavy (non-hydrogen) atoms. The van der Waals surface area contributed by atoms with E-state index in [1.54, 1.807) is 12.1 Å². The maximum atomic E-state index is 13.2. The molecule has 0 aliphatic heterocycles. The number of hydrogen-bond donors (Lipinski definition) is 1. The van der Waals surface area contributed by atoms with Crippen molar-refractivity contribution in [1.82, 2.24) is 5.32 Å². The molecule has 2 aromatic carbocycles. The van der Waals surface area contributed by atoms with E-state index >= 15 is 0 Å². The fourth-order valence-corrected chi connectivity index (χ4v) is 2.99. The van der Waals surface area contributed by atoms with Gasteiger partial charge in [-0.2, -0.15) is 0 Å². The van der Waals surface area contributed by atoms with Gasteiger partial charge in [-0.15, -0.1) is 0 Å². The highest BCUT2D eigenvalue weighted by Crippen LogP contribution is 2.26. The van der Waals surface area contributed by atoms with Crippen LogP contribution < -0.4 is 5.32 Å². The summed E-state index contributed by atoms with van der Waals surface area (Å²) in [6, 6.07) is 13.2. The lowest BCUT2D eigenvalue weighted by atomic mass is 10.0. The Bertz CT molecular complexity index is 603. The molecular formula is C16H16BrClFN. The van der Waals surface area contributed by atoms with E-state index in [2.05, 4.69) is 34.2 Å². The summed E-state index contributed by atoms with van der Waals surface area (Å²) in [5.41, 5.74) is 2.16. The highest BCUT2D eigenvalue weighted by atomic mass is 79.9. The van der Waals surface area contributed by atoms with Crippen LogP contribution in [0, 0.1) is 5.82 Å². The molecule has 2 atom stereocenters. The van der Waals surface area contributed by atoms with Gasteiger partial charge in [-0.3, -0.25) is 0 Å². The first-order chi connectivity index (χ1) is 9.49. The topological polar surface area (TPSA) is 12.0 Å². The van der Waals surface area contributed by atoms with Gasteiger partial charge in [0.1, 0.15) is 5.82 Å². The number of nitrogens with one attached hydrogen (secondary N) is 1. The van der Waals surface area contributed by atoms with E-state index in [-0.39, 0.29) is 22.9 Å². The monoisotopic (exact) mass is 355 g/mol. The minimum Gasteiger partial charge on any atom is -0.304 e. The van der Waals surface area contributed by atoms with Crippen LogP contribution in [0.1, 0.15) is 37.1 Å². The summed E-state index contributed by atoms with van der Waals surface area (Å²) in [4.78, 5) is 0. The van der Waals surface area contributed by atoms with Gasteiger partial charge in [0.15, 0.2) is 0 Å². The first kappa shape index (κ1) is 15.5. The Labute approximate surface area is 132 Å². The van der Waals surface area contributed by atoms with Crippen LogP contribution in [-0.2, 0) is 0 Å². The summed E-state index contributed by atoms with van der Waals surface area (Å²) in [6.45, 7) is 4.14. The standard InChI is InChI=1S/C16H16BrClFN/c1-10(12-7-8-16(19)15(18)9-12)20-11(2)13-5-3-4-6-14(13)17/h3-11,20H,1-2H3/t10?,11-/m1/s1. The zero-order valence-electron chi connectivity index (χ0n) is 11.3. The van der Waals surface area contributed by atoms with E-state index in [9.17, 15) is 4.39 Å². The average molecular weight is 357 g/mol. The molecular weight excluding hydrogens is 341 g/mol. The zero-order chi connectivity index (χ0) is 14.7. The summed E-state index contributed by atoms with van der Waals surface area (Å²) in [5, 5.41) is 3.65. The number of hydrogen-bond acceptors (Lipinski definition) is 1. The molecule has 0 bridgehead atoms. The largest absolute Gasteiger partial charge is 0.304 e.